The van der Waals surface area contributed by atoms with Gasteiger partial charge in [0, 0.05) is 18.8 Å². The van der Waals surface area contributed by atoms with Crippen LogP contribution in [0, 0.1) is 0 Å². The predicted molar refractivity (Wildman–Crippen MR) is 68.5 cm³/mol. The molecule has 7 heteroatoms. The zero-order chi connectivity index (χ0) is 13.7. The summed E-state index contributed by atoms with van der Waals surface area (Å²) in [6.45, 7) is 4.72. The number of anilines is 1. The molecular formula is C11H21N5O2. The number of carbonyl (C=O) groups excluding carboxylic acids is 1. The predicted octanol–water partition coefficient (Wildman–Crippen LogP) is -0.978. The number of hydrogen-bond acceptors (Lipinski definition) is 5. The number of carbonyl (C=O) groups is 1. The molecule has 0 radical (unpaired) electrons. The maximum absolute atomic E-state index is 10.9. The van der Waals surface area contributed by atoms with Gasteiger partial charge in [-0.2, -0.15) is 5.10 Å². The summed E-state index contributed by atoms with van der Waals surface area (Å²) in [7, 11) is 0. The van der Waals surface area contributed by atoms with Crippen molar-refractivity contribution in [2.75, 3.05) is 18.8 Å². The number of hydrogen-bond donors (Lipinski definition) is 3. The van der Waals surface area contributed by atoms with Crippen LogP contribution in [-0.2, 0) is 11.3 Å². The number of rotatable bonds is 7. The van der Waals surface area contributed by atoms with Gasteiger partial charge in [0.25, 0.3) is 0 Å². The fourth-order valence-corrected chi connectivity index (χ4v) is 1.68. The molecule has 0 spiro atoms. The van der Waals surface area contributed by atoms with Crippen LogP contribution >= 0.6 is 0 Å². The Bertz CT molecular complexity index is 391. The molecule has 1 unspecified atom stereocenters. The Labute approximate surface area is 106 Å². The van der Waals surface area contributed by atoms with Gasteiger partial charge in [-0.25, -0.2) is 0 Å². The number of primary amides is 1. The molecule has 18 heavy (non-hydrogen) atoms. The molecule has 102 valence electrons. The Balaban J connectivity index is 2.50. The highest BCUT2D eigenvalue weighted by atomic mass is 16.3. The maximum Gasteiger partial charge on any atom is 0.231 e. The van der Waals surface area contributed by atoms with Crippen LogP contribution in [0.2, 0.25) is 0 Å². The van der Waals surface area contributed by atoms with Gasteiger partial charge in [0.15, 0.2) is 0 Å². The molecule has 1 atom stereocenters. The second kappa shape index (κ2) is 6.36. The number of aromatic nitrogens is 2. The first-order valence-corrected chi connectivity index (χ1v) is 5.87. The minimum atomic E-state index is -0.633. The standard InChI is InChI=1S/C11H21N5O2/c1-8(2)15(7-11(13)18)5-10(17)6-16-4-9(12)3-14-16/h3-4,8,10,17H,5-7,12H2,1-2H3,(H2,13,18). The van der Waals surface area contributed by atoms with Gasteiger partial charge in [0.05, 0.1) is 31.1 Å². The van der Waals surface area contributed by atoms with Gasteiger partial charge >= 0.3 is 0 Å². The number of nitrogens with two attached hydrogens (primary N) is 2. The van der Waals surface area contributed by atoms with Crippen molar-refractivity contribution in [3.63, 3.8) is 0 Å². The Hall–Kier alpha value is -1.60. The summed E-state index contributed by atoms with van der Waals surface area (Å²) in [5.74, 6) is -0.403. The van der Waals surface area contributed by atoms with E-state index in [1.807, 2.05) is 18.7 Å². The van der Waals surface area contributed by atoms with E-state index in [2.05, 4.69) is 5.10 Å². The normalized spacial score (nSPS) is 13.2. The van der Waals surface area contributed by atoms with Crippen LogP contribution in [0.15, 0.2) is 12.4 Å². The third kappa shape index (κ3) is 4.72. The monoisotopic (exact) mass is 255 g/mol. The second-order valence-corrected chi connectivity index (χ2v) is 4.64. The third-order valence-corrected chi connectivity index (χ3v) is 2.59. The first-order valence-electron chi connectivity index (χ1n) is 5.87. The van der Waals surface area contributed by atoms with Gasteiger partial charge in [-0.3, -0.25) is 14.4 Å². The number of amides is 1. The van der Waals surface area contributed by atoms with E-state index in [9.17, 15) is 9.90 Å². The zero-order valence-electron chi connectivity index (χ0n) is 10.8. The van der Waals surface area contributed by atoms with Crippen molar-refractivity contribution in [3.05, 3.63) is 12.4 Å². The number of nitrogen functional groups attached to an aromatic ring is 1. The van der Waals surface area contributed by atoms with Crippen molar-refractivity contribution < 1.29 is 9.90 Å². The van der Waals surface area contributed by atoms with Gasteiger partial charge in [-0.05, 0) is 13.8 Å². The van der Waals surface area contributed by atoms with Gasteiger partial charge < -0.3 is 16.6 Å². The molecule has 1 aromatic heterocycles. The lowest BCUT2D eigenvalue weighted by atomic mass is 10.2. The van der Waals surface area contributed by atoms with Crippen molar-refractivity contribution in [3.8, 4) is 0 Å². The Kier molecular flexibility index (Phi) is 5.11. The lowest BCUT2D eigenvalue weighted by Gasteiger charge is -2.27. The quantitative estimate of drug-likeness (QED) is 0.580. The maximum atomic E-state index is 10.9. The van der Waals surface area contributed by atoms with E-state index in [0.29, 0.717) is 18.8 Å². The minimum Gasteiger partial charge on any atom is -0.396 e. The molecule has 1 aromatic rings. The molecule has 0 aliphatic rings. The van der Waals surface area contributed by atoms with E-state index in [1.165, 1.54) is 6.20 Å². The van der Waals surface area contributed by atoms with Gasteiger partial charge in [0.1, 0.15) is 0 Å². The van der Waals surface area contributed by atoms with Crippen molar-refractivity contribution in [1.29, 1.82) is 0 Å². The van der Waals surface area contributed by atoms with Crippen molar-refractivity contribution >= 4 is 11.6 Å². The van der Waals surface area contributed by atoms with Gasteiger partial charge in [-0.15, -0.1) is 0 Å². The number of aliphatic hydroxyl groups excluding tert-OH is 1. The average Bonchev–Trinajstić information content (AvgIpc) is 2.62. The van der Waals surface area contributed by atoms with Crippen molar-refractivity contribution in [1.82, 2.24) is 14.7 Å². The minimum absolute atomic E-state index is 0.134. The lowest BCUT2D eigenvalue weighted by Crippen LogP contribution is -2.43. The second-order valence-electron chi connectivity index (χ2n) is 4.64. The van der Waals surface area contributed by atoms with Gasteiger partial charge in [-0.1, -0.05) is 0 Å². The van der Waals surface area contributed by atoms with E-state index < -0.39 is 12.0 Å². The first-order chi connectivity index (χ1) is 8.38. The molecule has 0 saturated carbocycles. The summed E-state index contributed by atoms with van der Waals surface area (Å²) < 4.78 is 1.57. The van der Waals surface area contributed by atoms with Crippen LogP contribution in [0.4, 0.5) is 5.69 Å². The molecule has 0 bridgehead atoms. The highest BCUT2D eigenvalue weighted by Crippen LogP contribution is 2.03. The molecule has 0 fully saturated rings. The summed E-state index contributed by atoms with van der Waals surface area (Å²) in [5, 5.41) is 13.9. The topological polar surface area (TPSA) is 110 Å². The zero-order valence-corrected chi connectivity index (χ0v) is 10.8. The molecule has 0 aliphatic carbocycles. The molecule has 0 saturated heterocycles. The van der Waals surface area contributed by atoms with Gasteiger partial charge in [0.2, 0.25) is 5.91 Å². The fraction of sp³-hybridized carbons (Fsp3) is 0.636. The van der Waals surface area contributed by atoms with Crippen LogP contribution in [0.5, 0.6) is 0 Å². The molecule has 1 amide bonds. The van der Waals surface area contributed by atoms with Crippen molar-refractivity contribution in [2.24, 2.45) is 5.73 Å². The molecule has 7 nitrogen and oxygen atoms in total. The smallest absolute Gasteiger partial charge is 0.231 e. The Morgan fingerprint density at radius 3 is 2.72 bits per heavy atom. The first kappa shape index (κ1) is 14.5. The van der Waals surface area contributed by atoms with Crippen LogP contribution < -0.4 is 11.5 Å². The Morgan fingerprint density at radius 1 is 1.61 bits per heavy atom. The fourth-order valence-electron chi connectivity index (χ4n) is 1.68. The largest absolute Gasteiger partial charge is 0.396 e. The molecule has 0 aliphatic heterocycles. The van der Waals surface area contributed by atoms with E-state index in [0.717, 1.165) is 0 Å². The van der Waals surface area contributed by atoms with Crippen LogP contribution in [0.25, 0.3) is 0 Å². The molecule has 1 heterocycles. The van der Waals surface area contributed by atoms with E-state index in [1.54, 1.807) is 10.9 Å². The highest BCUT2D eigenvalue weighted by molar-refractivity contribution is 5.75. The van der Waals surface area contributed by atoms with Crippen LogP contribution in [0.1, 0.15) is 13.8 Å². The summed E-state index contributed by atoms with van der Waals surface area (Å²) in [6.07, 6.45) is 2.54. The third-order valence-electron chi connectivity index (χ3n) is 2.59. The summed E-state index contributed by atoms with van der Waals surface area (Å²) in [5.41, 5.74) is 11.3. The summed E-state index contributed by atoms with van der Waals surface area (Å²) >= 11 is 0. The van der Waals surface area contributed by atoms with E-state index >= 15 is 0 Å². The van der Waals surface area contributed by atoms with Crippen molar-refractivity contribution in [2.45, 2.75) is 32.5 Å². The number of aliphatic hydroxyl groups is 1. The number of nitrogens with zero attached hydrogens (tertiary/aromatic N) is 3. The average molecular weight is 255 g/mol. The molecule has 5 N–H and O–H groups in total. The van der Waals surface area contributed by atoms with Crippen LogP contribution in [-0.4, -0.2) is 50.9 Å². The SMILES string of the molecule is CC(C)N(CC(N)=O)CC(O)Cn1cc(N)cn1. The lowest BCUT2D eigenvalue weighted by molar-refractivity contribution is -0.119. The summed E-state index contributed by atoms with van der Waals surface area (Å²) in [6, 6.07) is 0.134. The van der Waals surface area contributed by atoms with Crippen LogP contribution in [0.3, 0.4) is 0 Å². The molecular weight excluding hydrogens is 234 g/mol. The Morgan fingerprint density at radius 2 is 2.28 bits per heavy atom. The molecule has 0 aromatic carbocycles. The highest BCUT2D eigenvalue weighted by Gasteiger charge is 2.17. The van der Waals surface area contributed by atoms with E-state index in [-0.39, 0.29) is 12.6 Å². The molecule has 1 rings (SSSR count). The summed E-state index contributed by atoms with van der Waals surface area (Å²) in [4.78, 5) is 12.7. The van der Waals surface area contributed by atoms with E-state index in [4.69, 9.17) is 11.5 Å².